The average molecular weight is 246 g/mol. The maximum Gasteiger partial charge on any atom is 0.0340 e. The lowest BCUT2D eigenvalue weighted by Crippen LogP contribution is -2.20. The topological polar surface area (TPSA) is 38.0 Å². The monoisotopic (exact) mass is 246 g/mol. The van der Waals surface area contributed by atoms with E-state index in [-0.39, 0.29) is 0 Å². The molecule has 2 heteroatoms. The number of anilines is 1. The lowest BCUT2D eigenvalue weighted by atomic mass is 9.79. The third-order valence-corrected chi connectivity index (χ3v) is 4.14. The standard InChI is InChI=1S/C16H26N2/c1-2-11-18-16-9-7-15(8-10-16)14-5-3-13(12-17)4-6-14/h7-10,13-14,18H,2-6,11-12,17H2,1H3. The van der Waals surface area contributed by atoms with Crippen molar-refractivity contribution in [1.29, 1.82) is 0 Å². The highest BCUT2D eigenvalue weighted by Gasteiger charge is 2.21. The first-order valence-electron chi connectivity index (χ1n) is 7.37. The molecule has 1 aromatic carbocycles. The molecule has 0 heterocycles. The van der Waals surface area contributed by atoms with Crippen molar-refractivity contribution in [3.05, 3.63) is 29.8 Å². The number of nitrogens with two attached hydrogens (primary N) is 1. The quantitative estimate of drug-likeness (QED) is 0.830. The van der Waals surface area contributed by atoms with Gasteiger partial charge in [-0.3, -0.25) is 0 Å². The maximum absolute atomic E-state index is 5.75. The summed E-state index contributed by atoms with van der Waals surface area (Å²) in [6, 6.07) is 9.04. The second-order valence-corrected chi connectivity index (χ2v) is 5.50. The van der Waals surface area contributed by atoms with Gasteiger partial charge >= 0.3 is 0 Å². The van der Waals surface area contributed by atoms with E-state index in [9.17, 15) is 0 Å². The minimum atomic E-state index is 0.757. The van der Waals surface area contributed by atoms with E-state index in [4.69, 9.17) is 5.73 Å². The summed E-state index contributed by atoms with van der Waals surface area (Å²) in [5.74, 6) is 1.53. The molecule has 0 saturated heterocycles. The van der Waals surface area contributed by atoms with Crippen LogP contribution in [0.3, 0.4) is 0 Å². The zero-order valence-corrected chi connectivity index (χ0v) is 11.5. The summed E-state index contributed by atoms with van der Waals surface area (Å²) in [7, 11) is 0. The van der Waals surface area contributed by atoms with Crippen molar-refractivity contribution in [2.75, 3.05) is 18.4 Å². The van der Waals surface area contributed by atoms with Crippen molar-refractivity contribution in [2.45, 2.75) is 44.9 Å². The Morgan fingerprint density at radius 2 is 1.78 bits per heavy atom. The molecule has 0 spiro atoms. The fourth-order valence-corrected chi connectivity index (χ4v) is 2.87. The Labute approximate surface area is 111 Å². The Hall–Kier alpha value is -1.02. The number of hydrogen-bond donors (Lipinski definition) is 2. The smallest absolute Gasteiger partial charge is 0.0340 e. The van der Waals surface area contributed by atoms with Gasteiger partial charge in [0.05, 0.1) is 0 Å². The minimum absolute atomic E-state index is 0.757. The van der Waals surface area contributed by atoms with Crippen LogP contribution in [0.4, 0.5) is 5.69 Å². The molecule has 0 unspecified atom stereocenters. The number of hydrogen-bond acceptors (Lipinski definition) is 2. The minimum Gasteiger partial charge on any atom is -0.385 e. The second kappa shape index (κ2) is 6.79. The van der Waals surface area contributed by atoms with Crippen LogP contribution in [0.1, 0.15) is 50.5 Å². The van der Waals surface area contributed by atoms with Crippen LogP contribution in [-0.4, -0.2) is 13.1 Å². The van der Waals surface area contributed by atoms with Crippen LogP contribution < -0.4 is 11.1 Å². The Bertz CT molecular complexity index is 337. The molecule has 18 heavy (non-hydrogen) atoms. The highest BCUT2D eigenvalue weighted by molar-refractivity contribution is 5.45. The second-order valence-electron chi connectivity index (χ2n) is 5.50. The average Bonchev–Trinajstić information content (AvgIpc) is 2.46. The molecule has 1 aliphatic carbocycles. The molecule has 0 radical (unpaired) electrons. The molecular weight excluding hydrogens is 220 g/mol. The summed E-state index contributed by atoms with van der Waals surface area (Å²) < 4.78 is 0. The predicted octanol–water partition coefficient (Wildman–Crippen LogP) is 3.74. The van der Waals surface area contributed by atoms with Crippen molar-refractivity contribution in [2.24, 2.45) is 11.7 Å². The van der Waals surface area contributed by atoms with Gasteiger partial charge in [-0.25, -0.2) is 0 Å². The van der Waals surface area contributed by atoms with E-state index in [1.54, 1.807) is 0 Å². The maximum atomic E-state index is 5.75. The van der Waals surface area contributed by atoms with E-state index in [1.807, 2.05) is 0 Å². The third-order valence-electron chi connectivity index (χ3n) is 4.14. The molecule has 2 rings (SSSR count). The summed E-state index contributed by atoms with van der Waals surface area (Å²) in [5, 5.41) is 3.42. The largest absolute Gasteiger partial charge is 0.385 e. The highest BCUT2D eigenvalue weighted by Crippen LogP contribution is 2.35. The first-order chi connectivity index (χ1) is 8.83. The first kappa shape index (κ1) is 13.4. The van der Waals surface area contributed by atoms with Gasteiger partial charge < -0.3 is 11.1 Å². The number of benzene rings is 1. The van der Waals surface area contributed by atoms with Gasteiger partial charge in [0, 0.05) is 12.2 Å². The lowest BCUT2D eigenvalue weighted by Gasteiger charge is -2.28. The molecule has 2 nitrogen and oxygen atoms in total. The normalized spacial score (nSPS) is 23.9. The number of nitrogens with one attached hydrogen (secondary N) is 1. The van der Waals surface area contributed by atoms with Crippen LogP contribution in [0.2, 0.25) is 0 Å². The Morgan fingerprint density at radius 1 is 1.11 bits per heavy atom. The van der Waals surface area contributed by atoms with Gasteiger partial charge in [0.1, 0.15) is 0 Å². The summed E-state index contributed by atoms with van der Waals surface area (Å²) in [6.07, 6.45) is 6.39. The fraction of sp³-hybridized carbons (Fsp3) is 0.625. The van der Waals surface area contributed by atoms with Crippen molar-refractivity contribution in [1.82, 2.24) is 0 Å². The summed E-state index contributed by atoms with van der Waals surface area (Å²) in [4.78, 5) is 0. The van der Waals surface area contributed by atoms with Crippen LogP contribution in [-0.2, 0) is 0 Å². The molecule has 1 fully saturated rings. The summed E-state index contributed by atoms with van der Waals surface area (Å²) in [6.45, 7) is 4.12. The van der Waals surface area contributed by atoms with Gasteiger partial charge in [0.15, 0.2) is 0 Å². The van der Waals surface area contributed by atoms with E-state index in [0.29, 0.717) is 0 Å². The van der Waals surface area contributed by atoms with Crippen molar-refractivity contribution in [3.63, 3.8) is 0 Å². The van der Waals surface area contributed by atoms with Crippen molar-refractivity contribution >= 4 is 5.69 Å². The molecule has 1 aliphatic rings. The molecule has 0 aromatic heterocycles. The van der Waals surface area contributed by atoms with Gasteiger partial charge in [0.25, 0.3) is 0 Å². The van der Waals surface area contributed by atoms with Crippen LogP contribution in [0, 0.1) is 5.92 Å². The molecule has 1 saturated carbocycles. The summed E-state index contributed by atoms with van der Waals surface area (Å²) in [5.41, 5.74) is 8.50. The molecular formula is C16H26N2. The highest BCUT2D eigenvalue weighted by atomic mass is 14.9. The van der Waals surface area contributed by atoms with Crippen molar-refractivity contribution < 1.29 is 0 Å². The van der Waals surface area contributed by atoms with E-state index >= 15 is 0 Å². The molecule has 3 N–H and O–H groups in total. The third kappa shape index (κ3) is 3.49. The van der Waals surface area contributed by atoms with Gasteiger partial charge in [-0.05, 0) is 68.2 Å². The molecule has 0 bridgehead atoms. The molecule has 0 atom stereocenters. The van der Waals surface area contributed by atoms with Crippen LogP contribution in [0.15, 0.2) is 24.3 Å². The SMILES string of the molecule is CCCNc1ccc(C2CCC(CN)CC2)cc1. The van der Waals surface area contributed by atoms with Crippen molar-refractivity contribution in [3.8, 4) is 0 Å². The van der Waals surface area contributed by atoms with Gasteiger partial charge in [-0.2, -0.15) is 0 Å². The first-order valence-corrected chi connectivity index (χ1v) is 7.37. The lowest BCUT2D eigenvalue weighted by molar-refractivity contribution is 0.333. The van der Waals surface area contributed by atoms with Gasteiger partial charge in [-0.1, -0.05) is 19.1 Å². The zero-order chi connectivity index (χ0) is 12.8. The molecule has 0 aliphatic heterocycles. The predicted molar refractivity (Wildman–Crippen MR) is 79.0 cm³/mol. The molecule has 100 valence electrons. The van der Waals surface area contributed by atoms with Crippen LogP contribution in [0.5, 0.6) is 0 Å². The van der Waals surface area contributed by atoms with E-state index in [2.05, 4.69) is 36.5 Å². The van der Waals surface area contributed by atoms with Crippen LogP contribution >= 0.6 is 0 Å². The van der Waals surface area contributed by atoms with Gasteiger partial charge in [-0.15, -0.1) is 0 Å². The molecule has 0 amide bonds. The fourth-order valence-electron chi connectivity index (χ4n) is 2.87. The van der Waals surface area contributed by atoms with Gasteiger partial charge in [0.2, 0.25) is 0 Å². The number of rotatable bonds is 5. The van der Waals surface area contributed by atoms with E-state index < -0.39 is 0 Å². The van der Waals surface area contributed by atoms with E-state index in [1.165, 1.54) is 43.4 Å². The Balaban J connectivity index is 1.89. The van der Waals surface area contributed by atoms with E-state index in [0.717, 1.165) is 24.9 Å². The Morgan fingerprint density at radius 3 is 2.33 bits per heavy atom. The molecule has 1 aromatic rings. The summed E-state index contributed by atoms with van der Waals surface area (Å²) >= 11 is 0. The van der Waals surface area contributed by atoms with Crippen LogP contribution in [0.25, 0.3) is 0 Å². The zero-order valence-electron chi connectivity index (χ0n) is 11.5. The Kier molecular flexibility index (Phi) is 5.06.